The van der Waals surface area contributed by atoms with E-state index in [2.05, 4.69) is 24.0 Å². The molecule has 4 nitrogen and oxygen atoms in total. The molecule has 0 bridgehead atoms. The molecule has 0 aliphatic heterocycles. The highest BCUT2D eigenvalue weighted by molar-refractivity contribution is 7.22. The van der Waals surface area contributed by atoms with E-state index in [1.54, 1.807) is 23.2 Å². The van der Waals surface area contributed by atoms with E-state index in [1.165, 1.54) is 16.9 Å². The minimum atomic E-state index is -0.190. The summed E-state index contributed by atoms with van der Waals surface area (Å²) in [7, 11) is 0. The van der Waals surface area contributed by atoms with Gasteiger partial charge < -0.3 is 0 Å². The van der Waals surface area contributed by atoms with Gasteiger partial charge in [-0.2, -0.15) is 0 Å². The molecule has 140 valence electrons. The average molecular weight is 408 g/mol. The van der Waals surface area contributed by atoms with E-state index in [0.29, 0.717) is 22.3 Å². The van der Waals surface area contributed by atoms with Crippen molar-refractivity contribution in [3.8, 4) is 0 Å². The summed E-state index contributed by atoms with van der Waals surface area (Å²) in [6, 6.07) is 16.9. The molecule has 0 radical (unpaired) electrons. The van der Waals surface area contributed by atoms with Crippen LogP contribution in [-0.4, -0.2) is 15.9 Å². The Morgan fingerprint density at radius 2 is 1.89 bits per heavy atom. The summed E-state index contributed by atoms with van der Waals surface area (Å²) in [5.41, 5.74) is 4.43. The largest absolute Gasteiger partial charge is 0.278 e. The number of aryl methyl sites for hydroxylation is 2. The normalized spacial score (nSPS) is 11.0. The third kappa shape index (κ3) is 3.63. The highest BCUT2D eigenvalue weighted by Crippen LogP contribution is 2.33. The fourth-order valence-corrected chi connectivity index (χ4v) is 4.49. The molecule has 0 spiro atoms. The molecular weight excluding hydrogens is 390 g/mol. The third-order valence-electron chi connectivity index (χ3n) is 4.45. The van der Waals surface area contributed by atoms with Gasteiger partial charge in [0.05, 0.1) is 33.0 Å². The number of carbonyl (C=O) groups excluding carboxylic acids is 1. The summed E-state index contributed by atoms with van der Waals surface area (Å²) >= 11 is 7.80. The molecule has 0 aliphatic carbocycles. The van der Waals surface area contributed by atoms with Crippen molar-refractivity contribution in [2.75, 3.05) is 4.90 Å². The van der Waals surface area contributed by atoms with Crippen LogP contribution in [0.2, 0.25) is 5.02 Å². The molecule has 6 heteroatoms. The average Bonchev–Trinajstić information content (AvgIpc) is 3.11. The first-order chi connectivity index (χ1) is 13.5. The smallest absolute Gasteiger partial charge is 0.261 e. The van der Waals surface area contributed by atoms with Gasteiger partial charge in [-0.1, -0.05) is 47.2 Å². The molecule has 28 heavy (non-hydrogen) atoms. The van der Waals surface area contributed by atoms with Crippen LogP contribution < -0.4 is 4.90 Å². The fraction of sp³-hybridized carbons (Fsp3) is 0.136. The number of aromatic nitrogens is 2. The van der Waals surface area contributed by atoms with E-state index in [0.717, 1.165) is 21.5 Å². The highest BCUT2D eigenvalue weighted by Gasteiger charge is 2.24. The van der Waals surface area contributed by atoms with Gasteiger partial charge in [-0.15, -0.1) is 0 Å². The van der Waals surface area contributed by atoms with Crippen LogP contribution >= 0.6 is 22.9 Å². The zero-order valence-corrected chi connectivity index (χ0v) is 17.1. The first-order valence-electron chi connectivity index (χ1n) is 8.87. The van der Waals surface area contributed by atoms with Gasteiger partial charge in [0.15, 0.2) is 5.13 Å². The van der Waals surface area contributed by atoms with Gasteiger partial charge in [0.2, 0.25) is 0 Å². The molecule has 0 atom stereocenters. The van der Waals surface area contributed by atoms with Crippen molar-refractivity contribution < 1.29 is 4.79 Å². The quantitative estimate of drug-likeness (QED) is 0.429. The Balaban J connectivity index is 1.82. The second-order valence-corrected chi connectivity index (χ2v) is 8.03. The lowest BCUT2D eigenvalue weighted by atomic mass is 10.1. The molecule has 0 unspecified atom stereocenters. The van der Waals surface area contributed by atoms with Gasteiger partial charge in [0.25, 0.3) is 5.91 Å². The molecule has 2 aromatic heterocycles. The van der Waals surface area contributed by atoms with Crippen LogP contribution in [0.25, 0.3) is 10.2 Å². The van der Waals surface area contributed by atoms with Crippen LogP contribution in [0.5, 0.6) is 0 Å². The molecule has 0 saturated carbocycles. The molecule has 4 aromatic rings. The number of carbonyl (C=O) groups is 1. The maximum atomic E-state index is 13.4. The number of hydrogen-bond donors (Lipinski definition) is 0. The fourth-order valence-electron chi connectivity index (χ4n) is 3.13. The highest BCUT2D eigenvalue weighted by atomic mass is 35.5. The van der Waals surface area contributed by atoms with Crippen LogP contribution in [0.4, 0.5) is 5.13 Å². The third-order valence-corrected chi connectivity index (χ3v) is 5.80. The van der Waals surface area contributed by atoms with E-state index in [-0.39, 0.29) is 5.91 Å². The molecule has 4 rings (SSSR count). The van der Waals surface area contributed by atoms with Gasteiger partial charge in [-0.3, -0.25) is 14.7 Å². The number of rotatable bonds is 4. The number of halogens is 1. The van der Waals surface area contributed by atoms with Crippen LogP contribution in [0.15, 0.2) is 60.8 Å². The van der Waals surface area contributed by atoms with Crippen molar-refractivity contribution in [3.63, 3.8) is 0 Å². The Kier molecular flexibility index (Phi) is 5.11. The van der Waals surface area contributed by atoms with Crippen LogP contribution in [0.3, 0.4) is 0 Å². The Labute approximate surface area is 172 Å². The molecule has 2 aromatic carbocycles. The van der Waals surface area contributed by atoms with Crippen LogP contribution in [0.1, 0.15) is 27.2 Å². The van der Waals surface area contributed by atoms with Crippen LogP contribution in [-0.2, 0) is 6.54 Å². The zero-order valence-electron chi connectivity index (χ0n) is 15.5. The maximum Gasteiger partial charge on any atom is 0.261 e. The summed E-state index contributed by atoms with van der Waals surface area (Å²) < 4.78 is 1.06. The van der Waals surface area contributed by atoms with Gasteiger partial charge >= 0.3 is 0 Å². The minimum Gasteiger partial charge on any atom is -0.278 e. The van der Waals surface area contributed by atoms with E-state index in [1.807, 2.05) is 37.3 Å². The summed E-state index contributed by atoms with van der Waals surface area (Å²) in [5.74, 6) is -0.190. The standard InChI is InChI=1S/C22H18ClN3OS/c1-14-11-15(2)20-19(12-14)28-22(25-20)26(13-16-7-5-6-10-24-16)21(27)17-8-3-4-9-18(17)23/h3-12H,13H2,1-2H3. The van der Waals surface area contributed by atoms with Crippen molar-refractivity contribution in [1.82, 2.24) is 9.97 Å². The van der Waals surface area contributed by atoms with Gasteiger partial charge in [-0.25, -0.2) is 4.98 Å². The first kappa shape index (κ1) is 18.6. The number of nitrogens with zero attached hydrogens (tertiary/aromatic N) is 3. The predicted molar refractivity (Wildman–Crippen MR) is 115 cm³/mol. The predicted octanol–water partition coefficient (Wildman–Crippen LogP) is 5.81. The summed E-state index contributed by atoms with van der Waals surface area (Å²) in [6.07, 6.45) is 1.72. The first-order valence-corrected chi connectivity index (χ1v) is 10.1. The Morgan fingerprint density at radius 1 is 1.11 bits per heavy atom. The summed E-state index contributed by atoms with van der Waals surface area (Å²) in [4.78, 5) is 24.2. The number of pyridine rings is 1. The molecule has 0 fully saturated rings. The molecule has 0 saturated heterocycles. The molecule has 0 N–H and O–H groups in total. The van der Waals surface area contributed by atoms with E-state index in [4.69, 9.17) is 16.6 Å². The van der Waals surface area contributed by atoms with Gasteiger partial charge in [0, 0.05) is 6.20 Å². The number of fused-ring (bicyclic) bond motifs is 1. The van der Waals surface area contributed by atoms with E-state index in [9.17, 15) is 4.79 Å². The lowest BCUT2D eigenvalue weighted by Crippen LogP contribution is -2.31. The second-order valence-electron chi connectivity index (χ2n) is 6.62. The number of hydrogen-bond acceptors (Lipinski definition) is 4. The SMILES string of the molecule is Cc1cc(C)c2nc(N(Cc3ccccn3)C(=O)c3ccccc3Cl)sc2c1. The molecule has 0 aliphatic rings. The topological polar surface area (TPSA) is 46.1 Å². The minimum absolute atomic E-state index is 0.190. The lowest BCUT2D eigenvalue weighted by molar-refractivity contribution is 0.0985. The Hall–Kier alpha value is -2.76. The summed E-state index contributed by atoms with van der Waals surface area (Å²) in [5, 5.41) is 1.06. The lowest BCUT2D eigenvalue weighted by Gasteiger charge is -2.20. The van der Waals surface area contributed by atoms with Crippen molar-refractivity contribution in [3.05, 3.63) is 88.2 Å². The van der Waals surface area contributed by atoms with Crippen molar-refractivity contribution in [2.24, 2.45) is 0 Å². The number of anilines is 1. The van der Waals surface area contributed by atoms with Crippen molar-refractivity contribution >= 4 is 44.2 Å². The Bertz CT molecular complexity index is 1160. The number of amides is 1. The zero-order chi connectivity index (χ0) is 19.7. The molecule has 1 amide bonds. The van der Waals surface area contributed by atoms with Crippen molar-refractivity contribution in [2.45, 2.75) is 20.4 Å². The van der Waals surface area contributed by atoms with E-state index >= 15 is 0 Å². The van der Waals surface area contributed by atoms with Gasteiger partial charge in [-0.05, 0) is 55.3 Å². The number of thiazole rings is 1. The van der Waals surface area contributed by atoms with Crippen LogP contribution in [0, 0.1) is 13.8 Å². The Morgan fingerprint density at radius 3 is 2.64 bits per heavy atom. The molecule has 2 heterocycles. The van der Waals surface area contributed by atoms with Gasteiger partial charge in [0.1, 0.15) is 0 Å². The summed E-state index contributed by atoms with van der Waals surface area (Å²) in [6.45, 7) is 4.42. The number of benzene rings is 2. The molecular formula is C22H18ClN3OS. The second kappa shape index (κ2) is 7.70. The monoisotopic (exact) mass is 407 g/mol. The van der Waals surface area contributed by atoms with E-state index < -0.39 is 0 Å². The van der Waals surface area contributed by atoms with Crippen molar-refractivity contribution in [1.29, 1.82) is 0 Å². The maximum absolute atomic E-state index is 13.4.